The van der Waals surface area contributed by atoms with E-state index in [0.29, 0.717) is 5.56 Å². The predicted octanol–water partition coefficient (Wildman–Crippen LogP) is 0.987. The molecule has 14 heavy (non-hydrogen) atoms. The van der Waals surface area contributed by atoms with Crippen molar-refractivity contribution in [3.05, 3.63) is 29.8 Å². The summed E-state index contributed by atoms with van der Waals surface area (Å²) >= 11 is 0. The highest BCUT2D eigenvalue weighted by Gasteiger charge is 2.18. The third kappa shape index (κ3) is 2.61. The van der Waals surface area contributed by atoms with Gasteiger partial charge >= 0.3 is 5.97 Å². The van der Waals surface area contributed by atoms with Crippen LogP contribution in [0.15, 0.2) is 24.3 Å². The van der Waals surface area contributed by atoms with E-state index in [1.807, 2.05) is 0 Å². The summed E-state index contributed by atoms with van der Waals surface area (Å²) in [7, 11) is 1.25. The van der Waals surface area contributed by atoms with Crippen LogP contribution in [0.2, 0.25) is 0 Å². The SMILES string of the molecule is COC(=O)[C@H](N)c1ccccc1O.Cl. The lowest BCUT2D eigenvalue weighted by Gasteiger charge is -2.10. The highest BCUT2D eigenvalue weighted by atomic mass is 35.5. The number of aromatic hydroxyl groups is 1. The van der Waals surface area contributed by atoms with Gasteiger partial charge < -0.3 is 15.6 Å². The van der Waals surface area contributed by atoms with Gasteiger partial charge in [-0.1, -0.05) is 18.2 Å². The molecular formula is C9H12ClNO3. The Morgan fingerprint density at radius 1 is 1.50 bits per heavy atom. The smallest absolute Gasteiger partial charge is 0.327 e. The molecule has 0 aliphatic rings. The molecule has 0 saturated heterocycles. The second-order valence-electron chi connectivity index (χ2n) is 2.56. The molecule has 1 aromatic carbocycles. The van der Waals surface area contributed by atoms with Crippen LogP contribution in [0, 0.1) is 0 Å². The topological polar surface area (TPSA) is 72.5 Å². The van der Waals surface area contributed by atoms with Gasteiger partial charge in [0.1, 0.15) is 11.8 Å². The fraction of sp³-hybridized carbons (Fsp3) is 0.222. The minimum atomic E-state index is -0.925. The summed E-state index contributed by atoms with van der Waals surface area (Å²) in [6.07, 6.45) is 0. The highest BCUT2D eigenvalue weighted by Crippen LogP contribution is 2.22. The van der Waals surface area contributed by atoms with Crippen molar-refractivity contribution in [2.45, 2.75) is 6.04 Å². The zero-order valence-electron chi connectivity index (χ0n) is 7.64. The summed E-state index contributed by atoms with van der Waals surface area (Å²) in [5.74, 6) is -0.568. The Labute approximate surface area is 88.1 Å². The average Bonchev–Trinajstić information content (AvgIpc) is 2.16. The van der Waals surface area contributed by atoms with Gasteiger partial charge in [0.05, 0.1) is 7.11 Å². The zero-order valence-corrected chi connectivity index (χ0v) is 8.45. The molecule has 0 spiro atoms. The number of para-hydroxylation sites is 1. The summed E-state index contributed by atoms with van der Waals surface area (Å²) in [6.45, 7) is 0. The van der Waals surface area contributed by atoms with E-state index in [1.54, 1.807) is 18.2 Å². The van der Waals surface area contributed by atoms with Gasteiger partial charge in [-0.05, 0) is 6.07 Å². The predicted molar refractivity (Wildman–Crippen MR) is 54.3 cm³/mol. The minimum absolute atomic E-state index is 0. The van der Waals surface area contributed by atoms with Gasteiger partial charge in [-0.3, -0.25) is 4.79 Å². The van der Waals surface area contributed by atoms with Crippen molar-refractivity contribution >= 4 is 18.4 Å². The molecule has 0 fully saturated rings. The first-order valence-corrected chi connectivity index (χ1v) is 3.78. The van der Waals surface area contributed by atoms with E-state index in [4.69, 9.17) is 5.73 Å². The number of rotatable bonds is 2. The average molecular weight is 218 g/mol. The second-order valence-corrected chi connectivity index (χ2v) is 2.56. The second kappa shape index (κ2) is 5.47. The van der Waals surface area contributed by atoms with Gasteiger partial charge in [0.15, 0.2) is 0 Å². The molecule has 1 aromatic rings. The first kappa shape index (κ1) is 12.7. The molecule has 0 bridgehead atoms. The number of benzene rings is 1. The number of halogens is 1. The molecule has 0 aromatic heterocycles. The van der Waals surface area contributed by atoms with Crippen LogP contribution < -0.4 is 5.73 Å². The van der Waals surface area contributed by atoms with Gasteiger partial charge in [0.2, 0.25) is 0 Å². The number of methoxy groups -OCH3 is 1. The largest absolute Gasteiger partial charge is 0.508 e. The molecule has 78 valence electrons. The third-order valence-corrected chi connectivity index (χ3v) is 1.73. The van der Waals surface area contributed by atoms with E-state index in [1.165, 1.54) is 13.2 Å². The van der Waals surface area contributed by atoms with Crippen LogP contribution in [0.1, 0.15) is 11.6 Å². The quantitative estimate of drug-likeness (QED) is 0.725. The molecule has 3 N–H and O–H groups in total. The molecule has 0 heterocycles. The van der Waals surface area contributed by atoms with Crippen molar-refractivity contribution < 1.29 is 14.6 Å². The number of carbonyl (C=O) groups is 1. The number of esters is 1. The molecule has 5 heteroatoms. The maximum atomic E-state index is 11.0. The van der Waals surface area contributed by atoms with Crippen molar-refractivity contribution in [1.82, 2.24) is 0 Å². The maximum absolute atomic E-state index is 11.0. The third-order valence-electron chi connectivity index (χ3n) is 1.73. The van der Waals surface area contributed by atoms with Crippen LogP contribution in [0.25, 0.3) is 0 Å². The highest BCUT2D eigenvalue weighted by molar-refractivity contribution is 5.85. The molecule has 0 unspecified atom stereocenters. The summed E-state index contributed by atoms with van der Waals surface area (Å²) < 4.78 is 4.45. The number of carbonyl (C=O) groups excluding carboxylic acids is 1. The summed E-state index contributed by atoms with van der Waals surface area (Å²) in [5, 5.41) is 9.34. The lowest BCUT2D eigenvalue weighted by atomic mass is 10.1. The Morgan fingerprint density at radius 2 is 2.07 bits per heavy atom. The Kier molecular flexibility index (Phi) is 4.97. The van der Waals surface area contributed by atoms with Crippen LogP contribution in [0.5, 0.6) is 5.75 Å². The van der Waals surface area contributed by atoms with Crippen LogP contribution in [0.3, 0.4) is 0 Å². The normalized spacial score (nSPS) is 11.3. The molecule has 0 amide bonds. The number of hydrogen-bond donors (Lipinski definition) is 2. The van der Waals surface area contributed by atoms with Gasteiger partial charge in [0.25, 0.3) is 0 Å². The van der Waals surface area contributed by atoms with Crippen LogP contribution in [0.4, 0.5) is 0 Å². The summed E-state index contributed by atoms with van der Waals surface area (Å²) in [4.78, 5) is 11.0. The molecule has 0 aliphatic carbocycles. The first-order chi connectivity index (χ1) is 6.16. The lowest BCUT2D eigenvalue weighted by molar-refractivity contribution is -0.142. The van der Waals surface area contributed by atoms with E-state index in [9.17, 15) is 9.90 Å². The molecule has 0 radical (unpaired) electrons. The Hall–Kier alpha value is -1.26. The van der Waals surface area contributed by atoms with Crippen LogP contribution in [-0.2, 0) is 9.53 Å². The fourth-order valence-electron chi connectivity index (χ4n) is 1.00. The number of phenolic OH excluding ortho intramolecular Hbond substituents is 1. The Balaban J connectivity index is 0.00000169. The summed E-state index contributed by atoms with van der Waals surface area (Å²) in [6, 6.07) is 5.47. The van der Waals surface area contributed by atoms with Crippen molar-refractivity contribution in [3.8, 4) is 5.75 Å². The molecule has 0 saturated carbocycles. The molecular weight excluding hydrogens is 206 g/mol. The first-order valence-electron chi connectivity index (χ1n) is 3.78. The fourth-order valence-corrected chi connectivity index (χ4v) is 1.00. The van der Waals surface area contributed by atoms with Crippen LogP contribution in [-0.4, -0.2) is 18.2 Å². The van der Waals surface area contributed by atoms with Gasteiger partial charge in [-0.25, -0.2) is 0 Å². The van der Waals surface area contributed by atoms with E-state index in [2.05, 4.69) is 4.74 Å². The van der Waals surface area contributed by atoms with Gasteiger partial charge in [0, 0.05) is 5.56 Å². The Bertz CT molecular complexity index is 317. The summed E-state index contributed by atoms with van der Waals surface area (Å²) in [5.41, 5.74) is 5.89. The molecule has 1 atom stereocenters. The van der Waals surface area contributed by atoms with Gasteiger partial charge in [-0.2, -0.15) is 0 Å². The minimum Gasteiger partial charge on any atom is -0.508 e. The van der Waals surface area contributed by atoms with E-state index in [0.717, 1.165) is 0 Å². The number of ether oxygens (including phenoxy) is 1. The van der Waals surface area contributed by atoms with Crippen molar-refractivity contribution in [2.24, 2.45) is 5.73 Å². The van der Waals surface area contributed by atoms with E-state index < -0.39 is 12.0 Å². The molecule has 1 rings (SSSR count). The lowest BCUT2D eigenvalue weighted by Crippen LogP contribution is -2.22. The number of hydrogen-bond acceptors (Lipinski definition) is 4. The van der Waals surface area contributed by atoms with Gasteiger partial charge in [-0.15, -0.1) is 12.4 Å². The van der Waals surface area contributed by atoms with E-state index >= 15 is 0 Å². The van der Waals surface area contributed by atoms with E-state index in [-0.39, 0.29) is 18.2 Å². The zero-order chi connectivity index (χ0) is 9.84. The van der Waals surface area contributed by atoms with Crippen LogP contribution >= 0.6 is 12.4 Å². The van der Waals surface area contributed by atoms with Crippen molar-refractivity contribution in [2.75, 3.05) is 7.11 Å². The van der Waals surface area contributed by atoms with Crippen molar-refractivity contribution in [1.29, 1.82) is 0 Å². The monoisotopic (exact) mass is 217 g/mol. The molecule has 4 nitrogen and oxygen atoms in total. The molecule has 0 aliphatic heterocycles. The number of phenols is 1. The Morgan fingerprint density at radius 3 is 2.57 bits per heavy atom. The standard InChI is InChI=1S/C9H11NO3.ClH/c1-13-9(12)8(10)6-4-2-3-5-7(6)11;/h2-5,8,11H,10H2,1H3;1H/t8-;/m1./s1. The maximum Gasteiger partial charge on any atom is 0.327 e. The van der Waals surface area contributed by atoms with Crippen molar-refractivity contribution in [3.63, 3.8) is 0 Å². The number of nitrogens with two attached hydrogens (primary N) is 1.